The molecule has 5 nitrogen and oxygen atoms in total. The maximum atomic E-state index is 12.5. The Kier molecular flexibility index (Phi) is 3.16. The largest absolute Gasteiger partial charge is 0.451 e. The molecule has 120 valence electrons. The number of rotatable bonds is 2. The van der Waals surface area contributed by atoms with E-state index in [9.17, 15) is 9.59 Å². The first-order valence-corrected chi connectivity index (χ1v) is 7.74. The first kappa shape index (κ1) is 14.5. The van der Waals surface area contributed by atoms with E-state index in [4.69, 9.17) is 4.42 Å². The molecular formula is C19H16N2O3. The Hall–Kier alpha value is -3.08. The molecule has 0 saturated heterocycles. The van der Waals surface area contributed by atoms with Gasteiger partial charge in [-0.25, -0.2) is 0 Å². The lowest BCUT2D eigenvalue weighted by Crippen LogP contribution is -2.32. The summed E-state index contributed by atoms with van der Waals surface area (Å²) in [5.41, 5.74) is 4.25. The van der Waals surface area contributed by atoms with E-state index in [0.29, 0.717) is 5.58 Å². The van der Waals surface area contributed by atoms with Crippen molar-refractivity contribution in [2.45, 2.75) is 19.9 Å². The van der Waals surface area contributed by atoms with E-state index in [2.05, 4.69) is 10.6 Å². The number of hydrogen-bond acceptors (Lipinski definition) is 3. The van der Waals surface area contributed by atoms with Crippen molar-refractivity contribution < 1.29 is 14.0 Å². The number of carbonyl (C=O) groups excluding carboxylic acids is 2. The summed E-state index contributed by atoms with van der Waals surface area (Å²) in [7, 11) is 0. The van der Waals surface area contributed by atoms with Gasteiger partial charge in [0.2, 0.25) is 0 Å². The number of hydrogen-bond donors (Lipinski definition) is 2. The van der Waals surface area contributed by atoms with Gasteiger partial charge in [0.1, 0.15) is 11.6 Å². The van der Waals surface area contributed by atoms with Crippen molar-refractivity contribution in [3.8, 4) is 0 Å². The van der Waals surface area contributed by atoms with Crippen LogP contribution in [0.25, 0.3) is 11.0 Å². The van der Waals surface area contributed by atoms with Gasteiger partial charge in [-0.15, -0.1) is 0 Å². The molecular weight excluding hydrogens is 304 g/mol. The Labute approximate surface area is 138 Å². The molecule has 5 heteroatoms. The molecule has 1 aliphatic heterocycles. The van der Waals surface area contributed by atoms with E-state index >= 15 is 0 Å². The summed E-state index contributed by atoms with van der Waals surface area (Å²) in [4.78, 5) is 24.7. The standard InChI is InChI=1S/C19H16N2O3/c1-10-6-7-14-12(8-10)9-15(24-14)18(22)21-17-16-11(2)4-3-5-13(16)20-19(17)23/h3-9,17H,1-2H3,(H,20,23)(H,21,22). The second-order valence-corrected chi connectivity index (χ2v) is 6.08. The van der Waals surface area contributed by atoms with Crippen LogP contribution < -0.4 is 10.6 Å². The molecule has 3 aromatic rings. The zero-order chi connectivity index (χ0) is 16.8. The minimum absolute atomic E-state index is 0.199. The molecule has 24 heavy (non-hydrogen) atoms. The average Bonchev–Trinajstić information content (AvgIpc) is 3.09. The fourth-order valence-electron chi connectivity index (χ4n) is 3.12. The molecule has 1 aromatic heterocycles. The van der Waals surface area contributed by atoms with Gasteiger partial charge in [0, 0.05) is 16.6 Å². The Bertz CT molecular complexity index is 987. The van der Waals surface area contributed by atoms with E-state index in [0.717, 1.165) is 27.8 Å². The van der Waals surface area contributed by atoms with E-state index in [1.54, 1.807) is 6.07 Å². The summed E-state index contributed by atoms with van der Waals surface area (Å²) >= 11 is 0. The van der Waals surface area contributed by atoms with Crippen molar-refractivity contribution in [3.63, 3.8) is 0 Å². The van der Waals surface area contributed by atoms with Crippen molar-refractivity contribution in [1.29, 1.82) is 0 Å². The minimum atomic E-state index is -0.705. The molecule has 2 heterocycles. The average molecular weight is 320 g/mol. The van der Waals surface area contributed by atoms with Crippen molar-refractivity contribution in [2.24, 2.45) is 0 Å². The van der Waals surface area contributed by atoms with E-state index in [-0.39, 0.29) is 11.7 Å². The molecule has 2 aromatic carbocycles. The third-order valence-electron chi connectivity index (χ3n) is 4.30. The van der Waals surface area contributed by atoms with Crippen LogP contribution in [-0.4, -0.2) is 11.8 Å². The first-order valence-electron chi connectivity index (χ1n) is 7.74. The van der Waals surface area contributed by atoms with Crippen LogP contribution in [0, 0.1) is 13.8 Å². The topological polar surface area (TPSA) is 71.3 Å². The Morgan fingerprint density at radius 1 is 1.17 bits per heavy atom. The maximum Gasteiger partial charge on any atom is 0.287 e. The van der Waals surface area contributed by atoms with Crippen LogP contribution in [0.5, 0.6) is 0 Å². The highest BCUT2D eigenvalue weighted by atomic mass is 16.3. The minimum Gasteiger partial charge on any atom is -0.451 e. The summed E-state index contributed by atoms with van der Waals surface area (Å²) < 4.78 is 5.60. The predicted molar refractivity (Wildman–Crippen MR) is 91.0 cm³/mol. The van der Waals surface area contributed by atoms with Crippen LogP contribution in [-0.2, 0) is 4.79 Å². The fourth-order valence-corrected chi connectivity index (χ4v) is 3.12. The number of furan rings is 1. The monoisotopic (exact) mass is 320 g/mol. The Morgan fingerprint density at radius 3 is 2.83 bits per heavy atom. The van der Waals surface area contributed by atoms with E-state index in [1.807, 2.05) is 50.2 Å². The fraction of sp³-hybridized carbons (Fsp3) is 0.158. The number of amides is 2. The molecule has 4 rings (SSSR count). The third-order valence-corrected chi connectivity index (χ3v) is 4.30. The number of aryl methyl sites for hydroxylation is 2. The van der Waals surface area contributed by atoms with Gasteiger partial charge in [-0.2, -0.15) is 0 Å². The molecule has 0 radical (unpaired) electrons. The van der Waals surface area contributed by atoms with Gasteiger partial charge in [0.15, 0.2) is 5.76 Å². The second-order valence-electron chi connectivity index (χ2n) is 6.08. The van der Waals surface area contributed by atoms with Gasteiger partial charge >= 0.3 is 0 Å². The number of benzene rings is 2. The highest BCUT2D eigenvalue weighted by Crippen LogP contribution is 2.33. The van der Waals surface area contributed by atoms with Crippen LogP contribution in [0.2, 0.25) is 0 Å². The van der Waals surface area contributed by atoms with Gasteiger partial charge in [-0.3, -0.25) is 9.59 Å². The van der Waals surface area contributed by atoms with Crippen molar-refractivity contribution >= 4 is 28.5 Å². The number of nitrogens with one attached hydrogen (secondary N) is 2. The van der Waals surface area contributed by atoms with Crippen LogP contribution in [0.1, 0.15) is 33.3 Å². The quantitative estimate of drug-likeness (QED) is 0.759. The summed E-state index contributed by atoms with van der Waals surface area (Å²) in [5.74, 6) is -0.440. The smallest absolute Gasteiger partial charge is 0.287 e. The lowest BCUT2D eigenvalue weighted by Gasteiger charge is -2.12. The Morgan fingerprint density at radius 2 is 2.00 bits per heavy atom. The number of anilines is 1. The van der Waals surface area contributed by atoms with Crippen LogP contribution in [0.4, 0.5) is 5.69 Å². The SMILES string of the molecule is Cc1ccc2oc(C(=O)NC3C(=O)Nc4cccc(C)c43)cc2c1. The molecule has 2 N–H and O–H groups in total. The zero-order valence-electron chi connectivity index (χ0n) is 13.3. The molecule has 0 bridgehead atoms. The highest BCUT2D eigenvalue weighted by molar-refractivity contribution is 6.06. The summed E-state index contributed by atoms with van der Waals surface area (Å²) in [6.45, 7) is 3.90. The van der Waals surface area contributed by atoms with E-state index < -0.39 is 11.9 Å². The van der Waals surface area contributed by atoms with Crippen molar-refractivity contribution in [3.05, 3.63) is 64.9 Å². The van der Waals surface area contributed by atoms with Crippen LogP contribution in [0.3, 0.4) is 0 Å². The van der Waals surface area contributed by atoms with Crippen LogP contribution in [0.15, 0.2) is 46.9 Å². The number of fused-ring (bicyclic) bond motifs is 2. The lowest BCUT2D eigenvalue weighted by atomic mass is 10.0. The van der Waals surface area contributed by atoms with Crippen LogP contribution >= 0.6 is 0 Å². The van der Waals surface area contributed by atoms with Gasteiger partial charge < -0.3 is 15.1 Å². The van der Waals surface area contributed by atoms with Gasteiger partial charge in [0.05, 0.1) is 0 Å². The maximum absolute atomic E-state index is 12.5. The van der Waals surface area contributed by atoms with Gasteiger partial charge in [0.25, 0.3) is 11.8 Å². The van der Waals surface area contributed by atoms with Gasteiger partial charge in [-0.05, 0) is 43.7 Å². The molecule has 1 aliphatic rings. The third kappa shape index (κ3) is 2.25. The molecule has 0 aliphatic carbocycles. The summed E-state index contributed by atoms with van der Waals surface area (Å²) in [6.07, 6.45) is 0. The predicted octanol–water partition coefficient (Wildman–Crippen LogP) is 3.47. The highest BCUT2D eigenvalue weighted by Gasteiger charge is 2.33. The molecule has 2 amide bonds. The first-order chi connectivity index (χ1) is 11.5. The normalized spacial score (nSPS) is 16.1. The molecule has 1 unspecified atom stereocenters. The van der Waals surface area contributed by atoms with Crippen molar-refractivity contribution in [1.82, 2.24) is 5.32 Å². The van der Waals surface area contributed by atoms with Gasteiger partial charge in [-0.1, -0.05) is 23.8 Å². The van der Waals surface area contributed by atoms with Crippen molar-refractivity contribution in [2.75, 3.05) is 5.32 Å². The lowest BCUT2D eigenvalue weighted by molar-refractivity contribution is -0.117. The molecule has 0 saturated carbocycles. The molecule has 0 fully saturated rings. The summed E-state index contributed by atoms with van der Waals surface area (Å²) in [5, 5.41) is 6.44. The zero-order valence-corrected chi connectivity index (χ0v) is 13.3. The Balaban J connectivity index is 1.65. The van der Waals surface area contributed by atoms with E-state index in [1.165, 1.54) is 0 Å². The molecule has 0 spiro atoms. The summed E-state index contributed by atoms with van der Waals surface area (Å²) in [6, 6.07) is 12.3. The molecule has 1 atom stereocenters. The second kappa shape index (κ2) is 5.23. The number of carbonyl (C=O) groups is 2.